The lowest BCUT2D eigenvalue weighted by Gasteiger charge is -2.06. The zero-order valence-electron chi connectivity index (χ0n) is 7.65. The van der Waals surface area contributed by atoms with Crippen molar-refractivity contribution in [2.45, 2.75) is 0 Å². The topological polar surface area (TPSA) is 22.1 Å². The Bertz CT molecular complexity index is 459. The first-order valence-electron chi connectivity index (χ1n) is 4.28. The van der Waals surface area contributed by atoms with Gasteiger partial charge in [0.2, 0.25) is 0 Å². The summed E-state index contributed by atoms with van der Waals surface area (Å²) in [4.78, 5) is 3.98. The Morgan fingerprint density at radius 2 is 2.00 bits per heavy atom. The fourth-order valence-corrected chi connectivity index (χ4v) is 2.22. The van der Waals surface area contributed by atoms with E-state index in [0.29, 0.717) is 0 Å². The first-order chi connectivity index (χ1) is 7.25. The van der Waals surface area contributed by atoms with Gasteiger partial charge in [-0.25, -0.2) is 0 Å². The van der Waals surface area contributed by atoms with Crippen LogP contribution in [0.25, 0.3) is 0 Å². The zero-order valence-corrected chi connectivity index (χ0v) is 10.8. The van der Waals surface area contributed by atoms with Crippen LogP contribution in [0.1, 0.15) is 0 Å². The molecule has 2 aromatic rings. The molecule has 0 fully saturated rings. The van der Waals surface area contributed by atoms with Gasteiger partial charge in [0.25, 0.3) is 0 Å². The lowest BCUT2D eigenvalue weighted by Crippen LogP contribution is -1.85. The van der Waals surface area contributed by atoms with E-state index in [1.165, 1.54) is 0 Å². The predicted molar refractivity (Wildman–Crippen MR) is 66.2 cm³/mol. The molecule has 1 heterocycles. The van der Waals surface area contributed by atoms with Gasteiger partial charge in [-0.05, 0) is 46.3 Å². The van der Waals surface area contributed by atoms with Crippen LogP contribution in [0.3, 0.4) is 0 Å². The van der Waals surface area contributed by atoms with Crippen LogP contribution >= 0.6 is 31.9 Å². The highest BCUT2D eigenvalue weighted by Crippen LogP contribution is 2.31. The number of aromatic nitrogens is 1. The van der Waals surface area contributed by atoms with Crippen LogP contribution in [0.5, 0.6) is 11.5 Å². The number of hydrogen-bond donors (Lipinski definition) is 0. The van der Waals surface area contributed by atoms with Crippen LogP contribution in [0.2, 0.25) is 0 Å². The molecular formula is C11H7Br2NO. The molecule has 2 nitrogen and oxygen atoms in total. The van der Waals surface area contributed by atoms with Crippen LogP contribution in [0, 0.1) is 0 Å². The van der Waals surface area contributed by atoms with E-state index in [1.807, 2.05) is 30.3 Å². The maximum absolute atomic E-state index is 5.63. The SMILES string of the molecule is Brc1ccc(Oc2cccnc2)c(Br)c1. The summed E-state index contributed by atoms with van der Waals surface area (Å²) >= 11 is 6.81. The van der Waals surface area contributed by atoms with Crippen LogP contribution in [0.15, 0.2) is 51.7 Å². The van der Waals surface area contributed by atoms with E-state index >= 15 is 0 Å². The molecule has 0 saturated heterocycles. The average Bonchev–Trinajstić information content (AvgIpc) is 2.24. The molecule has 0 aliphatic carbocycles. The van der Waals surface area contributed by atoms with Crippen molar-refractivity contribution in [3.63, 3.8) is 0 Å². The summed E-state index contributed by atoms with van der Waals surface area (Å²) in [7, 11) is 0. The first kappa shape index (κ1) is 10.6. The fraction of sp³-hybridized carbons (Fsp3) is 0. The molecule has 15 heavy (non-hydrogen) atoms. The third kappa shape index (κ3) is 2.79. The smallest absolute Gasteiger partial charge is 0.145 e. The second-order valence-electron chi connectivity index (χ2n) is 2.87. The Labute approximate surface area is 105 Å². The maximum atomic E-state index is 5.63. The van der Waals surface area contributed by atoms with Crippen molar-refractivity contribution in [1.82, 2.24) is 4.98 Å². The van der Waals surface area contributed by atoms with Crippen molar-refractivity contribution in [2.75, 3.05) is 0 Å². The van der Waals surface area contributed by atoms with Gasteiger partial charge in [0.1, 0.15) is 11.5 Å². The Morgan fingerprint density at radius 1 is 1.13 bits per heavy atom. The summed E-state index contributed by atoms with van der Waals surface area (Å²) in [6.07, 6.45) is 3.39. The van der Waals surface area contributed by atoms with Gasteiger partial charge in [-0.1, -0.05) is 15.9 Å². The third-order valence-electron chi connectivity index (χ3n) is 1.76. The number of hydrogen-bond acceptors (Lipinski definition) is 2. The number of ether oxygens (including phenoxy) is 1. The molecule has 0 aliphatic rings. The summed E-state index contributed by atoms with van der Waals surface area (Å²) in [5, 5.41) is 0. The van der Waals surface area contributed by atoms with Gasteiger partial charge in [-0.3, -0.25) is 4.98 Å². The van der Waals surface area contributed by atoms with Gasteiger partial charge in [-0.2, -0.15) is 0 Å². The highest BCUT2D eigenvalue weighted by molar-refractivity contribution is 9.11. The van der Waals surface area contributed by atoms with Crippen molar-refractivity contribution in [3.8, 4) is 11.5 Å². The fourth-order valence-electron chi connectivity index (χ4n) is 1.09. The van der Waals surface area contributed by atoms with Crippen molar-refractivity contribution in [1.29, 1.82) is 0 Å². The summed E-state index contributed by atoms with van der Waals surface area (Å²) in [6.45, 7) is 0. The third-order valence-corrected chi connectivity index (χ3v) is 2.87. The second-order valence-corrected chi connectivity index (χ2v) is 4.64. The van der Waals surface area contributed by atoms with Crippen molar-refractivity contribution < 1.29 is 4.74 Å². The Kier molecular flexibility index (Phi) is 3.38. The van der Waals surface area contributed by atoms with Crippen LogP contribution in [0.4, 0.5) is 0 Å². The maximum Gasteiger partial charge on any atom is 0.145 e. The van der Waals surface area contributed by atoms with Crippen LogP contribution in [-0.4, -0.2) is 4.98 Å². The highest BCUT2D eigenvalue weighted by atomic mass is 79.9. The van der Waals surface area contributed by atoms with Gasteiger partial charge < -0.3 is 4.74 Å². The minimum atomic E-state index is 0.723. The molecule has 76 valence electrons. The molecule has 0 amide bonds. The lowest BCUT2D eigenvalue weighted by molar-refractivity contribution is 0.477. The molecule has 0 saturated carbocycles. The Balaban J connectivity index is 2.25. The average molecular weight is 329 g/mol. The molecule has 1 aromatic carbocycles. The standard InChI is InChI=1S/C11H7Br2NO/c12-8-3-4-11(10(13)6-8)15-9-2-1-5-14-7-9/h1-7H. The van der Waals surface area contributed by atoms with E-state index < -0.39 is 0 Å². The largest absolute Gasteiger partial charge is 0.455 e. The van der Waals surface area contributed by atoms with Crippen molar-refractivity contribution in [2.24, 2.45) is 0 Å². The van der Waals surface area contributed by atoms with Gasteiger partial charge in [0.15, 0.2) is 0 Å². The molecule has 4 heteroatoms. The molecule has 0 radical (unpaired) electrons. The van der Waals surface area contributed by atoms with E-state index in [9.17, 15) is 0 Å². The normalized spacial score (nSPS) is 10.0. The molecule has 0 bridgehead atoms. The summed E-state index contributed by atoms with van der Waals surface area (Å²) < 4.78 is 7.54. The lowest BCUT2D eigenvalue weighted by atomic mass is 10.3. The highest BCUT2D eigenvalue weighted by Gasteiger charge is 2.02. The van der Waals surface area contributed by atoms with Crippen molar-refractivity contribution in [3.05, 3.63) is 51.7 Å². The number of benzene rings is 1. The molecular weight excluding hydrogens is 322 g/mol. The van der Waals surface area contributed by atoms with Gasteiger partial charge >= 0.3 is 0 Å². The van der Waals surface area contributed by atoms with E-state index in [0.717, 1.165) is 20.4 Å². The summed E-state index contributed by atoms with van der Waals surface area (Å²) in [5.41, 5.74) is 0. The van der Waals surface area contributed by atoms with Crippen LogP contribution in [-0.2, 0) is 0 Å². The van der Waals surface area contributed by atoms with E-state index in [4.69, 9.17) is 4.74 Å². The van der Waals surface area contributed by atoms with E-state index in [1.54, 1.807) is 12.4 Å². The molecule has 0 N–H and O–H groups in total. The Hall–Kier alpha value is -0.870. The molecule has 0 spiro atoms. The number of rotatable bonds is 2. The van der Waals surface area contributed by atoms with Gasteiger partial charge in [0.05, 0.1) is 10.7 Å². The van der Waals surface area contributed by atoms with Crippen LogP contribution < -0.4 is 4.74 Å². The zero-order chi connectivity index (χ0) is 10.7. The molecule has 2 rings (SSSR count). The molecule has 0 unspecified atom stereocenters. The molecule has 0 aliphatic heterocycles. The molecule has 1 aromatic heterocycles. The monoisotopic (exact) mass is 327 g/mol. The first-order valence-corrected chi connectivity index (χ1v) is 5.87. The predicted octanol–water partition coefficient (Wildman–Crippen LogP) is 4.40. The minimum absolute atomic E-state index is 0.723. The summed E-state index contributed by atoms with van der Waals surface area (Å²) in [6, 6.07) is 9.45. The number of halogens is 2. The van der Waals surface area contributed by atoms with Gasteiger partial charge in [0, 0.05) is 10.7 Å². The summed E-state index contributed by atoms with van der Waals surface area (Å²) in [5.74, 6) is 1.49. The molecule has 0 atom stereocenters. The van der Waals surface area contributed by atoms with Gasteiger partial charge in [-0.15, -0.1) is 0 Å². The van der Waals surface area contributed by atoms with E-state index in [-0.39, 0.29) is 0 Å². The number of nitrogens with zero attached hydrogens (tertiary/aromatic N) is 1. The quantitative estimate of drug-likeness (QED) is 0.815. The minimum Gasteiger partial charge on any atom is -0.455 e. The Morgan fingerprint density at radius 3 is 2.67 bits per heavy atom. The van der Waals surface area contributed by atoms with Crippen molar-refractivity contribution >= 4 is 31.9 Å². The number of pyridine rings is 1. The van der Waals surface area contributed by atoms with E-state index in [2.05, 4.69) is 36.8 Å². The second kappa shape index (κ2) is 4.77.